The second-order valence-electron chi connectivity index (χ2n) is 14.9. The number of rotatable bonds is 7. The van der Waals surface area contributed by atoms with Crippen molar-refractivity contribution in [2.45, 2.75) is 0 Å². The first kappa shape index (κ1) is 33.6. The molecule has 0 saturated carbocycles. The van der Waals surface area contributed by atoms with E-state index in [1.807, 2.05) is 6.07 Å². The van der Waals surface area contributed by atoms with Crippen LogP contribution in [-0.2, 0) is 0 Å². The maximum absolute atomic E-state index is 6.49. The van der Waals surface area contributed by atoms with Gasteiger partial charge in [-0.1, -0.05) is 170 Å². The number of hydrogen-bond donors (Lipinski definition) is 0. The fourth-order valence-electron chi connectivity index (χ4n) is 8.53. The zero-order valence-electron chi connectivity index (χ0n) is 31.7. The van der Waals surface area contributed by atoms with Gasteiger partial charge in [0, 0.05) is 27.8 Å². The molecular formula is C56H37NO. The predicted octanol–water partition coefficient (Wildman–Crippen LogP) is 16.0. The van der Waals surface area contributed by atoms with Crippen LogP contribution in [-0.4, -0.2) is 0 Å². The van der Waals surface area contributed by atoms with Crippen LogP contribution in [0.3, 0.4) is 0 Å². The fourth-order valence-corrected chi connectivity index (χ4v) is 8.53. The molecule has 0 aliphatic rings. The SMILES string of the molecule is c1ccc(-c2ccc(-c3cc4oc5ccccc5c4c4ccc(-c5ccc(N(c6ccc(-c7ccccc7)cc6)c6ccc7ccccc7c6)cc5)cc34)cc2)cc1. The summed E-state index contributed by atoms with van der Waals surface area (Å²) >= 11 is 0. The van der Waals surface area contributed by atoms with Crippen molar-refractivity contribution in [3.05, 3.63) is 224 Å². The molecule has 0 N–H and O–H groups in total. The highest BCUT2D eigenvalue weighted by atomic mass is 16.3. The zero-order valence-corrected chi connectivity index (χ0v) is 31.7. The molecule has 10 aromatic carbocycles. The normalized spacial score (nSPS) is 11.4. The summed E-state index contributed by atoms with van der Waals surface area (Å²) in [6.45, 7) is 0. The number of para-hydroxylation sites is 1. The third kappa shape index (κ3) is 6.00. The molecule has 0 radical (unpaired) electrons. The minimum atomic E-state index is 0.901. The van der Waals surface area contributed by atoms with Crippen LogP contribution in [0, 0.1) is 0 Å². The van der Waals surface area contributed by atoms with Crippen molar-refractivity contribution in [3.8, 4) is 44.5 Å². The van der Waals surface area contributed by atoms with Crippen molar-refractivity contribution >= 4 is 60.5 Å². The molecule has 58 heavy (non-hydrogen) atoms. The molecule has 2 nitrogen and oxygen atoms in total. The largest absolute Gasteiger partial charge is 0.456 e. The number of nitrogens with zero attached hydrogens (tertiary/aromatic N) is 1. The summed E-state index contributed by atoms with van der Waals surface area (Å²) in [4.78, 5) is 2.35. The fraction of sp³-hybridized carbons (Fsp3) is 0. The van der Waals surface area contributed by atoms with Gasteiger partial charge < -0.3 is 9.32 Å². The number of benzene rings is 10. The van der Waals surface area contributed by atoms with Crippen molar-refractivity contribution in [2.24, 2.45) is 0 Å². The standard InChI is InChI=1S/C56H37NO/c1-3-11-38(12-4-1)41-19-21-44(22-20-41)52-37-55-56(51-17-9-10-18-54(51)58-55)50-34-28-46(36-53(50)52)43-25-31-48(32-26-43)57(49-33-27-40-15-7-8-16-45(40)35-49)47-29-23-42(24-30-47)39-13-5-2-6-14-39/h1-37H. The van der Waals surface area contributed by atoms with Crippen LogP contribution >= 0.6 is 0 Å². The van der Waals surface area contributed by atoms with E-state index in [4.69, 9.17) is 4.42 Å². The van der Waals surface area contributed by atoms with Gasteiger partial charge in [-0.25, -0.2) is 0 Å². The predicted molar refractivity (Wildman–Crippen MR) is 245 cm³/mol. The third-order valence-electron chi connectivity index (χ3n) is 11.5. The average Bonchev–Trinajstić information content (AvgIpc) is 3.69. The van der Waals surface area contributed by atoms with Crippen LogP contribution in [0.15, 0.2) is 229 Å². The lowest BCUT2D eigenvalue weighted by molar-refractivity contribution is 0.669. The molecule has 0 atom stereocenters. The van der Waals surface area contributed by atoms with Gasteiger partial charge in [-0.15, -0.1) is 0 Å². The van der Waals surface area contributed by atoms with Gasteiger partial charge in [-0.2, -0.15) is 0 Å². The van der Waals surface area contributed by atoms with Crippen LogP contribution in [0.1, 0.15) is 0 Å². The van der Waals surface area contributed by atoms with Gasteiger partial charge >= 0.3 is 0 Å². The summed E-state index contributed by atoms with van der Waals surface area (Å²) in [5, 5.41) is 7.11. The van der Waals surface area contributed by atoms with Gasteiger partial charge in [-0.05, 0) is 121 Å². The Kier molecular flexibility index (Phi) is 8.19. The molecule has 11 aromatic rings. The highest BCUT2D eigenvalue weighted by Crippen LogP contribution is 2.43. The van der Waals surface area contributed by atoms with E-state index in [1.165, 1.54) is 43.8 Å². The Labute approximate surface area is 337 Å². The van der Waals surface area contributed by atoms with Crippen molar-refractivity contribution < 1.29 is 4.42 Å². The van der Waals surface area contributed by atoms with Crippen LogP contribution in [0.25, 0.3) is 88.0 Å². The van der Waals surface area contributed by atoms with Crippen molar-refractivity contribution in [1.82, 2.24) is 0 Å². The zero-order chi connectivity index (χ0) is 38.4. The minimum Gasteiger partial charge on any atom is -0.456 e. The van der Waals surface area contributed by atoms with E-state index in [0.29, 0.717) is 0 Å². The van der Waals surface area contributed by atoms with Crippen LogP contribution < -0.4 is 4.90 Å². The van der Waals surface area contributed by atoms with Gasteiger partial charge in [0.25, 0.3) is 0 Å². The smallest absolute Gasteiger partial charge is 0.136 e. The molecule has 0 fully saturated rings. The molecule has 0 unspecified atom stereocenters. The van der Waals surface area contributed by atoms with Crippen molar-refractivity contribution in [1.29, 1.82) is 0 Å². The maximum atomic E-state index is 6.49. The van der Waals surface area contributed by atoms with Crippen LogP contribution in [0.4, 0.5) is 17.1 Å². The molecule has 1 aromatic heterocycles. The third-order valence-corrected chi connectivity index (χ3v) is 11.5. The summed E-state index contributed by atoms with van der Waals surface area (Å²) in [7, 11) is 0. The van der Waals surface area contributed by atoms with E-state index >= 15 is 0 Å². The molecule has 2 heteroatoms. The number of anilines is 3. The van der Waals surface area contributed by atoms with Gasteiger partial charge in [-0.3, -0.25) is 0 Å². The molecule has 0 bridgehead atoms. The second kappa shape index (κ2) is 14.1. The number of hydrogen-bond acceptors (Lipinski definition) is 2. The van der Waals surface area contributed by atoms with E-state index < -0.39 is 0 Å². The highest BCUT2D eigenvalue weighted by molar-refractivity contribution is 6.22. The van der Waals surface area contributed by atoms with Gasteiger partial charge in [0.1, 0.15) is 11.2 Å². The molecule has 0 amide bonds. The summed E-state index contributed by atoms with van der Waals surface area (Å²) in [5.74, 6) is 0. The lowest BCUT2D eigenvalue weighted by atomic mass is 9.91. The Morgan fingerprint density at radius 1 is 0.276 bits per heavy atom. The van der Waals surface area contributed by atoms with E-state index in [1.54, 1.807) is 0 Å². The lowest BCUT2D eigenvalue weighted by Crippen LogP contribution is -2.09. The first-order valence-corrected chi connectivity index (χ1v) is 19.8. The monoisotopic (exact) mass is 739 g/mol. The minimum absolute atomic E-state index is 0.901. The number of fused-ring (bicyclic) bond motifs is 6. The molecule has 0 saturated heterocycles. The quantitative estimate of drug-likeness (QED) is 0.162. The van der Waals surface area contributed by atoms with Crippen molar-refractivity contribution in [3.63, 3.8) is 0 Å². The Morgan fingerprint density at radius 2 is 0.776 bits per heavy atom. The molecule has 0 aliphatic carbocycles. The molecule has 0 spiro atoms. The molecule has 272 valence electrons. The Morgan fingerprint density at radius 3 is 1.45 bits per heavy atom. The van der Waals surface area contributed by atoms with E-state index in [-0.39, 0.29) is 0 Å². The molecular weight excluding hydrogens is 703 g/mol. The highest BCUT2D eigenvalue weighted by Gasteiger charge is 2.18. The summed E-state index contributed by atoms with van der Waals surface area (Å²) in [6.07, 6.45) is 0. The maximum Gasteiger partial charge on any atom is 0.136 e. The second-order valence-corrected chi connectivity index (χ2v) is 14.9. The Balaban J connectivity index is 1.02. The van der Waals surface area contributed by atoms with E-state index in [2.05, 4.69) is 223 Å². The Bertz CT molecular complexity index is 3240. The molecule has 11 rings (SSSR count). The van der Waals surface area contributed by atoms with E-state index in [9.17, 15) is 0 Å². The van der Waals surface area contributed by atoms with Gasteiger partial charge in [0.05, 0.1) is 0 Å². The first-order valence-electron chi connectivity index (χ1n) is 19.8. The summed E-state index contributed by atoms with van der Waals surface area (Å²) < 4.78 is 6.49. The topological polar surface area (TPSA) is 16.4 Å². The Hall–Kier alpha value is -7.68. The van der Waals surface area contributed by atoms with Crippen molar-refractivity contribution in [2.75, 3.05) is 4.90 Å². The average molecular weight is 740 g/mol. The summed E-state index contributed by atoms with van der Waals surface area (Å²) in [6, 6.07) is 80.7. The van der Waals surface area contributed by atoms with Gasteiger partial charge in [0.2, 0.25) is 0 Å². The number of furan rings is 1. The van der Waals surface area contributed by atoms with Crippen LogP contribution in [0.5, 0.6) is 0 Å². The lowest BCUT2D eigenvalue weighted by Gasteiger charge is -2.26. The first-order chi connectivity index (χ1) is 28.7. The molecule has 0 aliphatic heterocycles. The van der Waals surface area contributed by atoms with Crippen LogP contribution in [0.2, 0.25) is 0 Å². The van der Waals surface area contributed by atoms with Gasteiger partial charge in [0.15, 0.2) is 0 Å². The van der Waals surface area contributed by atoms with E-state index in [0.717, 1.165) is 61.3 Å². The molecule has 1 heterocycles. The summed E-state index contributed by atoms with van der Waals surface area (Å²) in [5.41, 5.74) is 14.6.